The van der Waals surface area contributed by atoms with Crippen LogP contribution in [0, 0.1) is 0 Å². The Hall–Kier alpha value is -5.66. The van der Waals surface area contributed by atoms with Crippen molar-refractivity contribution in [3.63, 3.8) is 0 Å². The molecule has 0 unspecified atom stereocenters. The van der Waals surface area contributed by atoms with E-state index in [9.17, 15) is 0 Å². The van der Waals surface area contributed by atoms with E-state index in [0.717, 1.165) is 21.9 Å². The van der Waals surface area contributed by atoms with Gasteiger partial charge in [-0.05, 0) is 90.0 Å². The molecule has 43 heavy (non-hydrogen) atoms. The summed E-state index contributed by atoms with van der Waals surface area (Å²) < 4.78 is 6.52. The van der Waals surface area contributed by atoms with Crippen molar-refractivity contribution >= 4 is 54.3 Å². The maximum atomic E-state index is 6.52. The average molecular weight is 547 g/mol. The first kappa shape index (κ1) is 24.0. The second kappa shape index (κ2) is 9.44. The fourth-order valence-corrected chi connectivity index (χ4v) is 6.91. The highest BCUT2D eigenvalue weighted by Crippen LogP contribution is 2.47. The lowest BCUT2D eigenvalue weighted by Gasteiger charge is -2.19. The molecule has 1 nitrogen and oxygen atoms in total. The third-order valence-electron chi connectivity index (χ3n) is 8.83. The van der Waals surface area contributed by atoms with E-state index in [2.05, 4.69) is 158 Å². The molecule has 0 bridgehead atoms. The highest BCUT2D eigenvalue weighted by atomic mass is 16.3. The Bertz CT molecular complexity index is 2480. The summed E-state index contributed by atoms with van der Waals surface area (Å²) in [4.78, 5) is 0. The molecule has 9 rings (SSSR count). The molecule has 0 aliphatic carbocycles. The largest absolute Gasteiger partial charge is 0.456 e. The van der Waals surface area contributed by atoms with Crippen molar-refractivity contribution in [2.24, 2.45) is 0 Å². The Morgan fingerprint density at radius 3 is 1.72 bits per heavy atom. The number of hydrogen-bond acceptors (Lipinski definition) is 1. The van der Waals surface area contributed by atoms with Crippen LogP contribution in [0.5, 0.6) is 0 Å². The Labute approximate surface area is 249 Å². The van der Waals surface area contributed by atoms with E-state index >= 15 is 0 Å². The highest BCUT2D eigenvalue weighted by molar-refractivity contribution is 6.26. The van der Waals surface area contributed by atoms with Gasteiger partial charge < -0.3 is 4.42 Å². The Balaban J connectivity index is 1.46. The first-order chi connectivity index (χ1) is 21.3. The van der Waals surface area contributed by atoms with E-state index in [-0.39, 0.29) is 0 Å². The fraction of sp³-hybridized carbons (Fsp3) is 0. The van der Waals surface area contributed by atoms with Crippen LogP contribution < -0.4 is 0 Å². The summed E-state index contributed by atoms with van der Waals surface area (Å²) in [6.07, 6.45) is 0. The maximum Gasteiger partial charge on any atom is 0.136 e. The van der Waals surface area contributed by atoms with Gasteiger partial charge in [0.2, 0.25) is 0 Å². The van der Waals surface area contributed by atoms with Crippen molar-refractivity contribution in [1.29, 1.82) is 0 Å². The lowest BCUT2D eigenvalue weighted by molar-refractivity contribution is 0.669. The molecule has 1 heterocycles. The van der Waals surface area contributed by atoms with Crippen LogP contribution in [-0.2, 0) is 0 Å². The summed E-state index contributed by atoms with van der Waals surface area (Å²) in [5.41, 5.74) is 9.18. The molecule has 9 aromatic rings. The van der Waals surface area contributed by atoms with Gasteiger partial charge in [-0.2, -0.15) is 0 Å². The van der Waals surface area contributed by atoms with Gasteiger partial charge in [-0.3, -0.25) is 0 Å². The summed E-state index contributed by atoms with van der Waals surface area (Å²) in [5, 5.41) is 9.68. The minimum absolute atomic E-state index is 0.910. The van der Waals surface area contributed by atoms with Crippen LogP contribution in [0.1, 0.15) is 0 Å². The van der Waals surface area contributed by atoms with E-state index in [1.807, 2.05) is 0 Å². The van der Waals surface area contributed by atoms with Gasteiger partial charge in [-0.25, -0.2) is 0 Å². The van der Waals surface area contributed by atoms with Crippen LogP contribution in [-0.4, -0.2) is 0 Å². The number of benzene rings is 8. The molecule has 0 fully saturated rings. The van der Waals surface area contributed by atoms with Crippen LogP contribution in [0.15, 0.2) is 162 Å². The number of hydrogen-bond donors (Lipinski definition) is 0. The average Bonchev–Trinajstić information content (AvgIpc) is 3.44. The molecular formula is C42H26O. The summed E-state index contributed by atoms with van der Waals surface area (Å²) >= 11 is 0. The molecule has 0 saturated carbocycles. The third-order valence-corrected chi connectivity index (χ3v) is 8.83. The Morgan fingerprint density at radius 2 is 0.953 bits per heavy atom. The molecule has 200 valence electrons. The van der Waals surface area contributed by atoms with Crippen LogP contribution in [0.2, 0.25) is 0 Å². The molecule has 1 aromatic heterocycles. The smallest absolute Gasteiger partial charge is 0.136 e. The molecular weight excluding hydrogens is 520 g/mol. The van der Waals surface area contributed by atoms with E-state index in [0.29, 0.717) is 0 Å². The predicted molar refractivity (Wildman–Crippen MR) is 183 cm³/mol. The molecule has 0 saturated heterocycles. The third kappa shape index (κ3) is 3.72. The van der Waals surface area contributed by atoms with E-state index in [4.69, 9.17) is 4.42 Å². The van der Waals surface area contributed by atoms with Crippen LogP contribution in [0.4, 0.5) is 0 Å². The molecule has 0 aliphatic rings. The van der Waals surface area contributed by atoms with Gasteiger partial charge in [0.25, 0.3) is 0 Å². The quantitative estimate of drug-likeness (QED) is 0.201. The highest BCUT2D eigenvalue weighted by Gasteiger charge is 2.21. The van der Waals surface area contributed by atoms with Crippen LogP contribution >= 0.6 is 0 Å². The fourth-order valence-electron chi connectivity index (χ4n) is 6.91. The monoisotopic (exact) mass is 546 g/mol. The molecule has 1 heteroatoms. The minimum atomic E-state index is 0.910. The Kier molecular flexibility index (Phi) is 5.27. The number of rotatable bonds is 3. The zero-order valence-electron chi connectivity index (χ0n) is 23.4. The number of fused-ring (bicyclic) bond motifs is 6. The normalized spacial score (nSPS) is 11.7. The summed E-state index contributed by atoms with van der Waals surface area (Å²) in [6, 6.07) is 56.8. The lowest BCUT2D eigenvalue weighted by atomic mass is 9.84. The van der Waals surface area contributed by atoms with E-state index in [1.54, 1.807) is 0 Å². The second-order valence-electron chi connectivity index (χ2n) is 11.3. The Morgan fingerprint density at radius 1 is 0.326 bits per heavy atom. The van der Waals surface area contributed by atoms with Crippen molar-refractivity contribution in [2.45, 2.75) is 0 Å². The first-order valence-corrected chi connectivity index (χ1v) is 14.8. The van der Waals surface area contributed by atoms with E-state index < -0.39 is 0 Å². The summed E-state index contributed by atoms with van der Waals surface area (Å²) in [6.45, 7) is 0. The zero-order chi connectivity index (χ0) is 28.3. The van der Waals surface area contributed by atoms with Gasteiger partial charge in [0, 0.05) is 10.8 Å². The zero-order valence-corrected chi connectivity index (χ0v) is 23.4. The number of furan rings is 1. The molecule has 0 radical (unpaired) electrons. The van der Waals surface area contributed by atoms with Gasteiger partial charge in [-0.15, -0.1) is 0 Å². The molecule has 0 atom stereocenters. The van der Waals surface area contributed by atoms with Gasteiger partial charge in [0.15, 0.2) is 0 Å². The van der Waals surface area contributed by atoms with Gasteiger partial charge in [0.05, 0.1) is 0 Å². The molecule has 0 spiro atoms. The van der Waals surface area contributed by atoms with Crippen molar-refractivity contribution in [3.05, 3.63) is 158 Å². The van der Waals surface area contributed by atoms with Gasteiger partial charge in [0.1, 0.15) is 11.2 Å². The minimum Gasteiger partial charge on any atom is -0.456 e. The van der Waals surface area contributed by atoms with Gasteiger partial charge >= 0.3 is 0 Å². The van der Waals surface area contributed by atoms with Crippen molar-refractivity contribution < 1.29 is 4.42 Å². The lowest BCUT2D eigenvalue weighted by Crippen LogP contribution is -1.92. The molecule has 0 N–H and O–H groups in total. The summed E-state index contributed by atoms with van der Waals surface area (Å²) in [5.74, 6) is 0. The van der Waals surface area contributed by atoms with Crippen LogP contribution in [0.25, 0.3) is 87.6 Å². The maximum absolute atomic E-state index is 6.52. The predicted octanol–water partition coefficient (Wildman–Crippen LogP) is 12.0. The molecule has 8 aromatic carbocycles. The van der Waals surface area contributed by atoms with Crippen molar-refractivity contribution in [1.82, 2.24) is 0 Å². The topological polar surface area (TPSA) is 13.1 Å². The van der Waals surface area contributed by atoms with Crippen LogP contribution in [0.3, 0.4) is 0 Å². The standard InChI is InChI=1S/C42H26O/c1-3-12-27(13-4-1)31-22-23-34-36(24-31)40(28-14-5-2-6-15-28)32-18-9-10-19-33(32)41(34)35-20-11-21-38-42(35)37-25-29-16-7-8-17-30(29)26-39(37)43-38/h1-26H. The molecule has 0 aliphatic heterocycles. The SMILES string of the molecule is c1ccc(-c2ccc3c(-c4cccc5oc6cc7ccccc7cc6c45)c4ccccc4c(-c4ccccc4)c3c2)cc1. The first-order valence-electron chi connectivity index (χ1n) is 14.8. The van der Waals surface area contributed by atoms with E-state index in [1.165, 1.54) is 65.7 Å². The second-order valence-corrected chi connectivity index (χ2v) is 11.3. The van der Waals surface area contributed by atoms with Crippen molar-refractivity contribution in [3.8, 4) is 33.4 Å². The molecule has 0 amide bonds. The van der Waals surface area contributed by atoms with Crippen molar-refractivity contribution in [2.75, 3.05) is 0 Å². The summed E-state index contributed by atoms with van der Waals surface area (Å²) in [7, 11) is 0. The van der Waals surface area contributed by atoms with Gasteiger partial charge in [-0.1, -0.05) is 133 Å².